The Morgan fingerprint density at radius 1 is 1.15 bits per heavy atom. The number of alkyl halides is 3. The molecule has 1 unspecified atom stereocenters. The standard InChI is InChI=1S/C29H34F3N3O5S/c1-3-41(38,39)24-7-4-21(5-8-24)26(16-36)34-27(37)22-6-9-25-23(15-22)14-19(2)33-28(25)40-17-20-10-12-35(13-11-20)18-29(30,31)32/h4-9,14-15,20,26,36H,3,10-13,16-18H2,1-2H3,(H,34,37). The molecule has 12 heteroatoms. The van der Waals surface area contributed by atoms with Crippen LogP contribution in [0.25, 0.3) is 10.8 Å². The molecule has 1 aliphatic rings. The summed E-state index contributed by atoms with van der Waals surface area (Å²) in [5, 5.41) is 14.1. The van der Waals surface area contributed by atoms with E-state index in [1.807, 2.05) is 6.07 Å². The van der Waals surface area contributed by atoms with Crippen LogP contribution < -0.4 is 10.1 Å². The van der Waals surface area contributed by atoms with Gasteiger partial charge in [-0.15, -0.1) is 0 Å². The highest BCUT2D eigenvalue weighted by atomic mass is 32.2. The summed E-state index contributed by atoms with van der Waals surface area (Å²) in [5.74, 6) is 0.0771. The first kappa shape index (κ1) is 30.7. The van der Waals surface area contributed by atoms with Crippen LogP contribution in [0, 0.1) is 12.8 Å². The summed E-state index contributed by atoms with van der Waals surface area (Å²) < 4.78 is 68.2. The fraction of sp³-hybridized carbons (Fsp3) is 0.448. The van der Waals surface area contributed by atoms with Crippen LogP contribution in [0.2, 0.25) is 0 Å². The van der Waals surface area contributed by atoms with Gasteiger partial charge in [0.25, 0.3) is 5.91 Å². The summed E-state index contributed by atoms with van der Waals surface area (Å²) >= 11 is 0. The number of nitrogens with zero attached hydrogens (tertiary/aromatic N) is 2. The number of aliphatic hydroxyl groups is 1. The molecule has 0 bridgehead atoms. The normalized spacial score (nSPS) is 16.0. The van der Waals surface area contributed by atoms with Gasteiger partial charge in [-0.05, 0) is 86.1 Å². The molecule has 8 nitrogen and oxygen atoms in total. The second-order valence-electron chi connectivity index (χ2n) is 10.3. The second kappa shape index (κ2) is 12.7. The number of hydrogen-bond acceptors (Lipinski definition) is 7. The summed E-state index contributed by atoms with van der Waals surface area (Å²) in [4.78, 5) is 19.2. The van der Waals surface area contributed by atoms with Crippen LogP contribution in [0.15, 0.2) is 53.4 Å². The van der Waals surface area contributed by atoms with Gasteiger partial charge in [0, 0.05) is 16.6 Å². The molecule has 1 fully saturated rings. The predicted octanol–water partition coefficient (Wildman–Crippen LogP) is 4.45. The van der Waals surface area contributed by atoms with Gasteiger partial charge in [0.1, 0.15) is 0 Å². The van der Waals surface area contributed by atoms with Crippen LogP contribution in [-0.4, -0.2) is 74.1 Å². The molecule has 1 amide bonds. The average molecular weight is 594 g/mol. The third-order valence-corrected chi connectivity index (χ3v) is 9.01. The van der Waals surface area contributed by atoms with Gasteiger partial charge in [0.05, 0.1) is 36.4 Å². The number of benzene rings is 2. The van der Waals surface area contributed by atoms with E-state index in [0.717, 1.165) is 5.39 Å². The number of ether oxygens (including phenoxy) is 1. The Balaban J connectivity index is 1.42. The molecule has 1 saturated heterocycles. The van der Waals surface area contributed by atoms with Crippen LogP contribution in [-0.2, 0) is 9.84 Å². The van der Waals surface area contributed by atoms with Crippen molar-refractivity contribution in [1.29, 1.82) is 0 Å². The lowest BCUT2D eigenvalue weighted by atomic mass is 9.98. The van der Waals surface area contributed by atoms with E-state index in [4.69, 9.17) is 4.74 Å². The van der Waals surface area contributed by atoms with E-state index in [0.29, 0.717) is 60.6 Å². The number of carbonyl (C=O) groups excluding carboxylic acids is 1. The molecule has 0 saturated carbocycles. The number of aryl methyl sites for hydroxylation is 1. The molecule has 0 spiro atoms. The number of nitrogens with one attached hydrogen (secondary N) is 1. The maximum atomic E-state index is 13.1. The van der Waals surface area contributed by atoms with Gasteiger partial charge in [-0.1, -0.05) is 19.1 Å². The zero-order valence-electron chi connectivity index (χ0n) is 22.9. The number of amides is 1. The Kier molecular flexibility index (Phi) is 9.55. The van der Waals surface area contributed by atoms with Gasteiger partial charge >= 0.3 is 6.18 Å². The largest absolute Gasteiger partial charge is 0.477 e. The van der Waals surface area contributed by atoms with Crippen molar-refractivity contribution in [3.8, 4) is 5.88 Å². The molecule has 1 aliphatic heterocycles. The number of halogens is 3. The SMILES string of the molecule is CCS(=O)(=O)c1ccc(C(CO)NC(=O)c2ccc3c(OCC4CCN(CC(F)(F)F)CC4)nc(C)cc3c2)cc1. The van der Waals surface area contributed by atoms with Crippen molar-refractivity contribution in [2.75, 3.05) is 38.6 Å². The number of sulfone groups is 1. The van der Waals surface area contributed by atoms with Gasteiger partial charge < -0.3 is 15.2 Å². The van der Waals surface area contributed by atoms with Crippen molar-refractivity contribution in [2.45, 2.75) is 43.8 Å². The van der Waals surface area contributed by atoms with E-state index in [2.05, 4.69) is 10.3 Å². The van der Waals surface area contributed by atoms with Crippen molar-refractivity contribution < 1.29 is 36.2 Å². The number of carbonyl (C=O) groups is 1. The van der Waals surface area contributed by atoms with E-state index in [9.17, 15) is 31.5 Å². The number of fused-ring (bicyclic) bond motifs is 1. The quantitative estimate of drug-likeness (QED) is 0.358. The zero-order chi connectivity index (χ0) is 29.8. The Hall–Kier alpha value is -3.22. The Bertz CT molecular complexity index is 1470. The molecule has 2 N–H and O–H groups in total. The van der Waals surface area contributed by atoms with Crippen LogP contribution in [0.4, 0.5) is 13.2 Å². The molecule has 3 aromatic rings. The summed E-state index contributed by atoms with van der Waals surface area (Å²) in [7, 11) is -3.36. The molecule has 2 aromatic carbocycles. The smallest absolute Gasteiger partial charge is 0.401 e. The first-order chi connectivity index (χ1) is 19.4. The minimum absolute atomic E-state index is 0.0269. The molecule has 4 rings (SSSR count). The molecule has 1 atom stereocenters. The minimum Gasteiger partial charge on any atom is -0.477 e. The third kappa shape index (κ3) is 7.96. The number of hydrogen-bond donors (Lipinski definition) is 2. The minimum atomic E-state index is -4.20. The maximum Gasteiger partial charge on any atom is 0.401 e. The summed E-state index contributed by atoms with van der Waals surface area (Å²) in [6.07, 6.45) is -2.99. The van der Waals surface area contributed by atoms with E-state index >= 15 is 0 Å². The summed E-state index contributed by atoms with van der Waals surface area (Å²) in [6, 6.07) is 12.2. The van der Waals surface area contributed by atoms with Crippen molar-refractivity contribution in [3.05, 3.63) is 65.4 Å². The van der Waals surface area contributed by atoms with Crippen LogP contribution >= 0.6 is 0 Å². The molecular formula is C29H34F3N3O5S. The van der Waals surface area contributed by atoms with Gasteiger partial charge in [-0.2, -0.15) is 13.2 Å². The van der Waals surface area contributed by atoms with E-state index in [1.165, 1.54) is 17.0 Å². The summed E-state index contributed by atoms with van der Waals surface area (Å²) in [6.45, 7) is 3.16. The fourth-order valence-corrected chi connectivity index (χ4v) is 5.80. The lowest BCUT2D eigenvalue weighted by Gasteiger charge is -2.32. The Morgan fingerprint density at radius 2 is 1.83 bits per heavy atom. The van der Waals surface area contributed by atoms with Crippen molar-refractivity contribution in [2.24, 2.45) is 5.92 Å². The van der Waals surface area contributed by atoms with E-state index < -0.39 is 34.5 Å². The molecule has 1 aromatic heterocycles. The van der Waals surface area contributed by atoms with Gasteiger partial charge in [-0.25, -0.2) is 13.4 Å². The zero-order valence-corrected chi connectivity index (χ0v) is 23.8. The Morgan fingerprint density at radius 3 is 2.44 bits per heavy atom. The van der Waals surface area contributed by atoms with Crippen LogP contribution in [0.3, 0.4) is 0 Å². The highest BCUT2D eigenvalue weighted by Crippen LogP contribution is 2.28. The number of aromatic nitrogens is 1. The second-order valence-corrected chi connectivity index (χ2v) is 12.6. The first-order valence-corrected chi connectivity index (χ1v) is 15.1. The molecular weight excluding hydrogens is 559 g/mol. The highest BCUT2D eigenvalue weighted by Gasteiger charge is 2.32. The highest BCUT2D eigenvalue weighted by molar-refractivity contribution is 7.91. The number of pyridine rings is 1. The van der Waals surface area contributed by atoms with Crippen molar-refractivity contribution in [1.82, 2.24) is 15.2 Å². The number of rotatable bonds is 10. The summed E-state index contributed by atoms with van der Waals surface area (Å²) in [5.41, 5.74) is 1.60. The topological polar surface area (TPSA) is 109 Å². The van der Waals surface area contributed by atoms with Crippen molar-refractivity contribution in [3.63, 3.8) is 0 Å². The molecule has 0 aliphatic carbocycles. The van der Waals surface area contributed by atoms with Crippen molar-refractivity contribution >= 4 is 26.5 Å². The molecule has 2 heterocycles. The molecule has 0 radical (unpaired) electrons. The van der Waals surface area contributed by atoms with Crippen LogP contribution in [0.5, 0.6) is 5.88 Å². The first-order valence-electron chi connectivity index (χ1n) is 13.5. The van der Waals surface area contributed by atoms with E-state index in [-0.39, 0.29) is 23.2 Å². The average Bonchev–Trinajstić information content (AvgIpc) is 2.94. The van der Waals surface area contributed by atoms with Gasteiger partial charge in [-0.3, -0.25) is 9.69 Å². The lowest BCUT2D eigenvalue weighted by Crippen LogP contribution is -2.41. The fourth-order valence-electron chi connectivity index (χ4n) is 4.92. The lowest BCUT2D eigenvalue weighted by molar-refractivity contribution is -0.148. The van der Waals surface area contributed by atoms with Gasteiger partial charge in [0.2, 0.25) is 5.88 Å². The predicted molar refractivity (Wildman–Crippen MR) is 149 cm³/mol. The Labute approximate surface area is 237 Å². The molecule has 41 heavy (non-hydrogen) atoms. The van der Waals surface area contributed by atoms with Gasteiger partial charge in [0.15, 0.2) is 9.84 Å². The number of likely N-dealkylation sites (tertiary alicyclic amines) is 1. The molecule has 222 valence electrons. The van der Waals surface area contributed by atoms with E-state index in [1.54, 1.807) is 44.2 Å². The number of aliphatic hydroxyl groups excluding tert-OH is 1. The maximum absolute atomic E-state index is 13.1. The third-order valence-electron chi connectivity index (χ3n) is 7.26. The number of piperidine rings is 1. The van der Waals surface area contributed by atoms with Crippen LogP contribution in [0.1, 0.15) is 47.4 Å². The monoisotopic (exact) mass is 593 g/mol.